The van der Waals surface area contributed by atoms with Crippen molar-refractivity contribution in [1.82, 2.24) is 0 Å². The van der Waals surface area contributed by atoms with Crippen molar-refractivity contribution in [3.05, 3.63) is 105 Å². The molecule has 2 nitrogen and oxygen atoms in total. The van der Waals surface area contributed by atoms with Crippen LogP contribution in [0.25, 0.3) is 36.5 Å². The van der Waals surface area contributed by atoms with Crippen molar-refractivity contribution in [3.63, 3.8) is 0 Å². The summed E-state index contributed by atoms with van der Waals surface area (Å²) in [7, 11) is -6.17. The monoisotopic (exact) mass is 919 g/mol. The number of benzene rings is 3. The molecule has 0 atom stereocenters. The first-order valence-electron chi connectivity index (χ1n) is 23.7. The molecule has 0 bridgehead atoms. The quantitative estimate of drug-likeness (QED) is 0.0548. The van der Waals surface area contributed by atoms with Gasteiger partial charge < -0.3 is 9.47 Å². The SMILES string of the molecule is CCCCCCOc1cc(/C=C/c2ccc(C=C(C#C[Si](C)(C)C)C#C[Si](C)(C)C)cc2)c(OCCCCCC)cc1/C=C/c1ccc(C=C(C#C[Si](C)(C)C)C#C[Si](C)(C)C)cc1. The fourth-order valence-electron chi connectivity index (χ4n) is 5.86. The maximum atomic E-state index is 6.58. The number of rotatable bonds is 18. The van der Waals surface area contributed by atoms with Crippen LogP contribution in [-0.2, 0) is 0 Å². The van der Waals surface area contributed by atoms with Crippen molar-refractivity contribution in [2.75, 3.05) is 13.2 Å². The Balaban J connectivity index is 2.03. The zero-order valence-corrected chi connectivity index (χ0v) is 46.1. The fraction of sp³-hybridized carbons (Fsp3) is 0.414. The highest BCUT2D eigenvalue weighted by atomic mass is 28.3. The minimum absolute atomic E-state index is 0.674. The van der Waals surface area contributed by atoms with E-state index in [2.05, 4.69) is 235 Å². The molecule has 0 aliphatic heterocycles. The van der Waals surface area contributed by atoms with Crippen LogP contribution in [0.5, 0.6) is 11.5 Å². The lowest BCUT2D eigenvalue weighted by atomic mass is 10.0. The number of allylic oxidation sites excluding steroid dienone is 2. The van der Waals surface area contributed by atoms with Crippen molar-refractivity contribution in [2.24, 2.45) is 0 Å². The molecule has 3 rings (SSSR count). The van der Waals surface area contributed by atoms with Crippen molar-refractivity contribution >= 4 is 68.8 Å². The Bertz CT molecular complexity index is 2100. The van der Waals surface area contributed by atoms with Crippen LogP contribution in [0.1, 0.15) is 98.6 Å². The first kappa shape index (κ1) is 53.7. The molecule has 0 radical (unpaired) electrons. The first-order valence-corrected chi connectivity index (χ1v) is 37.7. The van der Waals surface area contributed by atoms with Gasteiger partial charge in [0, 0.05) is 11.1 Å². The Labute approximate surface area is 395 Å². The molecule has 0 saturated carbocycles. The van der Waals surface area contributed by atoms with Crippen LogP contribution in [-0.4, -0.2) is 45.5 Å². The molecule has 0 aliphatic carbocycles. The lowest BCUT2D eigenvalue weighted by molar-refractivity contribution is 0.296. The van der Waals surface area contributed by atoms with Gasteiger partial charge in [-0.1, -0.05) is 227 Å². The summed E-state index contributed by atoms with van der Waals surface area (Å²) in [6, 6.07) is 21.6. The molecule has 0 unspecified atom stereocenters. The minimum atomic E-state index is -1.54. The molecule has 0 aromatic heterocycles. The zero-order chi connectivity index (χ0) is 47.2. The Kier molecular flexibility index (Phi) is 22.1. The normalized spacial score (nSPS) is 11.6. The van der Waals surface area contributed by atoms with Crippen molar-refractivity contribution in [3.8, 4) is 57.4 Å². The molecule has 0 fully saturated rings. The van der Waals surface area contributed by atoms with Crippen LogP contribution in [0.4, 0.5) is 0 Å². The standard InChI is InChI=1S/C58H78O2Si4/c1-15-17-19-21-39-59-57-47-56(34-32-50-25-29-52(30-26-50)46-54(37-43-63(9,10)11)38-44-64(12,13)14)58(60-40-22-20-18-16-2)48-55(57)33-31-49-23-27-51(28-24-49)45-53(35-41-61(3,4)5)36-42-62(6,7)8/h23-34,45-48H,15-22,39-40H2,1-14H3/b33-31+,34-32+. The highest BCUT2D eigenvalue weighted by molar-refractivity contribution is 6.85. The van der Waals surface area contributed by atoms with Gasteiger partial charge in [-0.3, -0.25) is 0 Å². The van der Waals surface area contributed by atoms with Gasteiger partial charge in [-0.25, -0.2) is 0 Å². The molecular weight excluding hydrogens is 841 g/mol. The van der Waals surface area contributed by atoms with Crippen LogP contribution < -0.4 is 9.47 Å². The Morgan fingerprint density at radius 2 is 0.703 bits per heavy atom. The molecule has 3 aromatic rings. The van der Waals surface area contributed by atoms with Crippen LogP contribution >= 0.6 is 0 Å². The summed E-state index contributed by atoms with van der Waals surface area (Å²) in [5, 5.41) is 0. The van der Waals surface area contributed by atoms with E-state index in [9.17, 15) is 0 Å². The van der Waals surface area contributed by atoms with Crippen LogP contribution in [0.3, 0.4) is 0 Å². The van der Waals surface area contributed by atoms with Gasteiger partial charge in [-0.05, 0) is 59.4 Å². The molecule has 0 spiro atoms. The third kappa shape index (κ3) is 23.9. The molecule has 0 N–H and O–H groups in total. The summed E-state index contributed by atoms with van der Waals surface area (Å²) in [6.07, 6.45) is 22.1. The number of unbranched alkanes of at least 4 members (excludes halogenated alkanes) is 6. The molecule has 64 heavy (non-hydrogen) atoms. The summed E-state index contributed by atoms with van der Waals surface area (Å²) in [6.45, 7) is 33.1. The highest BCUT2D eigenvalue weighted by Crippen LogP contribution is 2.33. The average Bonchev–Trinajstić information content (AvgIpc) is 3.21. The number of ether oxygens (including phenoxy) is 2. The number of hydrogen-bond donors (Lipinski definition) is 0. The van der Waals surface area contributed by atoms with Gasteiger partial charge in [-0.15, -0.1) is 22.2 Å². The summed E-state index contributed by atoms with van der Waals surface area (Å²) in [4.78, 5) is 0. The van der Waals surface area contributed by atoms with E-state index in [1.165, 1.54) is 25.7 Å². The molecule has 6 heteroatoms. The van der Waals surface area contributed by atoms with E-state index < -0.39 is 32.3 Å². The highest BCUT2D eigenvalue weighted by Gasteiger charge is 2.13. The summed E-state index contributed by atoms with van der Waals surface area (Å²) in [5.74, 6) is 15.4. The lowest BCUT2D eigenvalue weighted by Gasteiger charge is -2.15. The fourth-order valence-corrected chi connectivity index (χ4v) is 7.90. The molecule has 338 valence electrons. The zero-order valence-electron chi connectivity index (χ0n) is 42.1. The second-order valence-electron chi connectivity index (χ2n) is 20.9. The number of hydrogen-bond acceptors (Lipinski definition) is 2. The predicted octanol–water partition coefficient (Wildman–Crippen LogP) is 16.2. The maximum absolute atomic E-state index is 6.58. The van der Waals surface area contributed by atoms with E-state index in [1.807, 2.05) is 0 Å². The van der Waals surface area contributed by atoms with Gasteiger partial charge >= 0.3 is 0 Å². The molecule has 0 heterocycles. The molecular formula is C58H78O2Si4. The topological polar surface area (TPSA) is 18.5 Å². The lowest BCUT2D eigenvalue weighted by Crippen LogP contribution is -2.17. The smallest absolute Gasteiger partial charge is 0.129 e. The van der Waals surface area contributed by atoms with E-state index in [0.29, 0.717) is 13.2 Å². The van der Waals surface area contributed by atoms with Crippen molar-refractivity contribution < 1.29 is 9.47 Å². The molecule has 0 aliphatic rings. The summed E-state index contributed by atoms with van der Waals surface area (Å²) >= 11 is 0. The summed E-state index contributed by atoms with van der Waals surface area (Å²) in [5.41, 5.74) is 22.3. The molecule has 3 aromatic carbocycles. The van der Waals surface area contributed by atoms with Crippen LogP contribution in [0, 0.1) is 45.9 Å². The van der Waals surface area contributed by atoms with E-state index in [-0.39, 0.29) is 0 Å². The second kappa shape index (κ2) is 26.3. The third-order valence-electron chi connectivity index (χ3n) is 9.35. The van der Waals surface area contributed by atoms with Crippen LogP contribution in [0.2, 0.25) is 78.6 Å². The van der Waals surface area contributed by atoms with Gasteiger partial charge in [0.2, 0.25) is 0 Å². The minimum Gasteiger partial charge on any atom is -0.493 e. The molecule has 0 amide bonds. The van der Waals surface area contributed by atoms with Gasteiger partial charge in [0.25, 0.3) is 0 Å². The third-order valence-corrected chi connectivity index (χ3v) is 12.8. The Morgan fingerprint density at radius 1 is 0.406 bits per heavy atom. The van der Waals surface area contributed by atoms with Crippen LogP contribution in [0.15, 0.2) is 71.8 Å². The Morgan fingerprint density at radius 3 is 0.984 bits per heavy atom. The van der Waals surface area contributed by atoms with Gasteiger partial charge in [0.15, 0.2) is 0 Å². The van der Waals surface area contributed by atoms with E-state index in [4.69, 9.17) is 9.47 Å². The largest absolute Gasteiger partial charge is 0.493 e. The van der Waals surface area contributed by atoms with Gasteiger partial charge in [-0.2, -0.15) is 0 Å². The predicted molar refractivity (Wildman–Crippen MR) is 297 cm³/mol. The maximum Gasteiger partial charge on any atom is 0.129 e. The van der Waals surface area contributed by atoms with Gasteiger partial charge in [0.05, 0.1) is 24.4 Å². The molecule has 0 saturated heterocycles. The summed E-state index contributed by atoms with van der Waals surface area (Å²) < 4.78 is 13.2. The second-order valence-corrected chi connectivity index (χ2v) is 39.9. The average molecular weight is 920 g/mol. The van der Waals surface area contributed by atoms with E-state index in [0.717, 1.165) is 81.7 Å². The van der Waals surface area contributed by atoms with Crippen molar-refractivity contribution in [2.45, 2.75) is 144 Å². The first-order chi connectivity index (χ1) is 30.1. The van der Waals surface area contributed by atoms with E-state index >= 15 is 0 Å². The Hall–Kier alpha value is -4.67. The van der Waals surface area contributed by atoms with E-state index in [1.54, 1.807) is 0 Å². The van der Waals surface area contributed by atoms with Gasteiger partial charge in [0.1, 0.15) is 43.8 Å². The van der Waals surface area contributed by atoms with Crippen molar-refractivity contribution in [1.29, 1.82) is 0 Å².